The van der Waals surface area contributed by atoms with Crippen molar-refractivity contribution in [2.24, 2.45) is 0 Å². The van der Waals surface area contributed by atoms with E-state index in [0.29, 0.717) is 6.61 Å². The first kappa shape index (κ1) is 9.80. The van der Waals surface area contributed by atoms with Gasteiger partial charge in [-0.2, -0.15) is 0 Å². The van der Waals surface area contributed by atoms with Gasteiger partial charge in [0.15, 0.2) is 0 Å². The number of furan rings is 1. The molecule has 2 rings (SSSR count). The minimum absolute atomic E-state index is 0.479. The highest BCUT2D eigenvalue weighted by atomic mass is 16.5. The number of methoxy groups -OCH3 is 1. The summed E-state index contributed by atoms with van der Waals surface area (Å²) in [6, 6.07) is 11.4. The van der Waals surface area contributed by atoms with Gasteiger partial charge >= 0.3 is 0 Å². The Labute approximate surface area is 88.5 Å². The fourth-order valence-electron chi connectivity index (χ4n) is 1.46. The summed E-state index contributed by atoms with van der Waals surface area (Å²) in [7, 11) is 1.64. The second-order valence-electron chi connectivity index (χ2n) is 3.29. The molecule has 0 saturated carbocycles. The van der Waals surface area contributed by atoms with E-state index >= 15 is 0 Å². The van der Waals surface area contributed by atoms with E-state index in [1.54, 1.807) is 7.11 Å². The molecule has 78 valence electrons. The van der Waals surface area contributed by atoms with Gasteiger partial charge in [0.1, 0.15) is 18.1 Å². The van der Waals surface area contributed by atoms with Crippen LogP contribution in [0.5, 0.6) is 0 Å². The van der Waals surface area contributed by atoms with Gasteiger partial charge in [0.25, 0.3) is 0 Å². The summed E-state index contributed by atoms with van der Waals surface area (Å²) < 4.78 is 10.6. The zero-order valence-corrected chi connectivity index (χ0v) is 8.57. The average molecular weight is 203 g/mol. The number of hydrogen-bond donors (Lipinski definition) is 1. The van der Waals surface area contributed by atoms with Crippen LogP contribution in [0.2, 0.25) is 0 Å². The first-order valence-corrected chi connectivity index (χ1v) is 4.74. The maximum atomic E-state index is 5.84. The van der Waals surface area contributed by atoms with Crippen molar-refractivity contribution in [2.45, 2.75) is 6.61 Å². The summed E-state index contributed by atoms with van der Waals surface area (Å²) in [6.45, 7) is 0.479. The normalized spacial score (nSPS) is 10.5. The van der Waals surface area contributed by atoms with Crippen LogP contribution in [0.25, 0.3) is 11.3 Å². The van der Waals surface area contributed by atoms with Gasteiger partial charge in [-0.3, -0.25) is 0 Å². The van der Waals surface area contributed by atoms with Gasteiger partial charge in [-0.1, -0.05) is 12.1 Å². The van der Waals surface area contributed by atoms with Crippen molar-refractivity contribution in [3.63, 3.8) is 0 Å². The van der Waals surface area contributed by atoms with Crippen LogP contribution in [-0.4, -0.2) is 7.11 Å². The Hall–Kier alpha value is -1.74. The molecule has 3 heteroatoms. The third-order valence-electron chi connectivity index (χ3n) is 2.17. The van der Waals surface area contributed by atoms with Crippen molar-refractivity contribution in [3.8, 4) is 11.3 Å². The second kappa shape index (κ2) is 4.19. The van der Waals surface area contributed by atoms with Crippen molar-refractivity contribution in [1.82, 2.24) is 0 Å². The smallest absolute Gasteiger partial charge is 0.136 e. The molecule has 0 radical (unpaired) electrons. The van der Waals surface area contributed by atoms with Crippen molar-refractivity contribution < 1.29 is 9.15 Å². The Morgan fingerprint density at radius 1 is 1.20 bits per heavy atom. The summed E-state index contributed by atoms with van der Waals surface area (Å²) in [6.07, 6.45) is 0. The molecule has 0 amide bonds. The fraction of sp³-hybridized carbons (Fsp3) is 0.167. The monoisotopic (exact) mass is 203 g/mol. The van der Waals surface area contributed by atoms with Crippen molar-refractivity contribution in [2.75, 3.05) is 12.8 Å². The van der Waals surface area contributed by atoms with Gasteiger partial charge in [0.2, 0.25) is 0 Å². The van der Waals surface area contributed by atoms with Gasteiger partial charge < -0.3 is 14.9 Å². The Morgan fingerprint density at radius 2 is 2.00 bits per heavy atom. The van der Waals surface area contributed by atoms with Crippen LogP contribution in [-0.2, 0) is 11.3 Å². The van der Waals surface area contributed by atoms with Crippen molar-refractivity contribution in [3.05, 3.63) is 42.2 Å². The molecule has 2 N–H and O–H groups in total. The van der Waals surface area contributed by atoms with E-state index in [-0.39, 0.29) is 0 Å². The Bertz CT molecular complexity index is 448. The number of hydrogen-bond acceptors (Lipinski definition) is 3. The van der Waals surface area contributed by atoms with Gasteiger partial charge in [-0.15, -0.1) is 0 Å². The predicted octanol–water partition coefficient (Wildman–Crippen LogP) is 2.68. The van der Waals surface area contributed by atoms with Crippen LogP contribution >= 0.6 is 0 Å². The van der Waals surface area contributed by atoms with Crippen LogP contribution in [0.4, 0.5) is 5.69 Å². The topological polar surface area (TPSA) is 48.4 Å². The number of rotatable bonds is 3. The standard InChI is InChI=1S/C12H13NO2/c1-14-8-9-6-7-12(15-9)10-4-2-3-5-11(10)13/h2-7H,8,13H2,1H3. The van der Waals surface area contributed by atoms with Crippen LogP contribution in [0, 0.1) is 0 Å². The largest absolute Gasteiger partial charge is 0.459 e. The molecule has 0 saturated heterocycles. The highest BCUT2D eigenvalue weighted by Gasteiger charge is 2.06. The molecule has 15 heavy (non-hydrogen) atoms. The summed E-state index contributed by atoms with van der Waals surface area (Å²) in [5.74, 6) is 1.58. The van der Waals surface area contributed by atoms with Crippen LogP contribution in [0.3, 0.4) is 0 Å². The van der Waals surface area contributed by atoms with Crippen molar-refractivity contribution in [1.29, 1.82) is 0 Å². The molecule has 0 bridgehead atoms. The molecule has 0 fully saturated rings. The van der Waals surface area contributed by atoms with E-state index in [4.69, 9.17) is 14.9 Å². The molecule has 0 aliphatic rings. The first-order chi connectivity index (χ1) is 7.31. The van der Waals surface area contributed by atoms with Gasteiger partial charge in [0, 0.05) is 18.4 Å². The zero-order chi connectivity index (χ0) is 10.7. The molecule has 1 heterocycles. The molecule has 0 unspecified atom stereocenters. The molecule has 0 aliphatic heterocycles. The van der Waals surface area contributed by atoms with E-state index in [2.05, 4.69) is 0 Å². The molecule has 0 atom stereocenters. The third-order valence-corrected chi connectivity index (χ3v) is 2.17. The SMILES string of the molecule is COCc1ccc(-c2ccccc2N)o1. The van der Waals surface area contributed by atoms with E-state index in [1.165, 1.54) is 0 Å². The molecular formula is C12H13NO2. The molecular weight excluding hydrogens is 190 g/mol. The van der Waals surface area contributed by atoms with E-state index < -0.39 is 0 Å². The van der Waals surface area contributed by atoms with E-state index in [9.17, 15) is 0 Å². The van der Waals surface area contributed by atoms with Crippen LogP contribution in [0.15, 0.2) is 40.8 Å². The lowest BCUT2D eigenvalue weighted by atomic mass is 10.1. The van der Waals surface area contributed by atoms with Gasteiger partial charge in [0.05, 0.1) is 0 Å². The average Bonchev–Trinajstić information content (AvgIpc) is 2.68. The predicted molar refractivity (Wildman–Crippen MR) is 59.3 cm³/mol. The van der Waals surface area contributed by atoms with Crippen LogP contribution < -0.4 is 5.73 Å². The molecule has 2 aromatic rings. The fourth-order valence-corrected chi connectivity index (χ4v) is 1.46. The zero-order valence-electron chi connectivity index (χ0n) is 8.57. The Kier molecular flexibility index (Phi) is 2.74. The Morgan fingerprint density at radius 3 is 2.73 bits per heavy atom. The molecule has 1 aromatic heterocycles. The van der Waals surface area contributed by atoms with Crippen LogP contribution in [0.1, 0.15) is 5.76 Å². The summed E-state index contributed by atoms with van der Waals surface area (Å²) in [5.41, 5.74) is 7.48. The summed E-state index contributed by atoms with van der Waals surface area (Å²) in [4.78, 5) is 0. The third kappa shape index (κ3) is 2.02. The highest BCUT2D eigenvalue weighted by molar-refractivity contribution is 5.72. The summed E-state index contributed by atoms with van der Waals surface area (Å²) in [5, 5.41) is 0. The lowest BCUT2D eigenvalue weighted by Crippen LogP contribution is -1.87. The number of nitrogens with two attached hydrogens (primary N) is 1. The van der Waals surface area contributed by atoms with Crippen molar-refractivity contribution >= 4 is 5.69 Å². The van der Waals surface area contributed by atoms with Gasteiger partial charge in [-0.05, 0) is 24.3 Å². The quantitative estimate of drug-likeness (QED) is 0.780. The van der Waals surface area contributed by atoms with E-state index in [1.807, 2.05) is 36.4 Å². The lowest BCUT2D eigenvalue weighted by Gasteiger charge is -2.01. The number of para-hydroxylation sites is 1. The molecule has 0 aliphatic carbocycles. The number of anilines is 1. The maximum Gasteiger partial charge on any atom is 0.136 e. The summed E-state index contributed by atoms with van der Waals surface area (Å²) >= 11 is 0. The molecule has 1 aromatic carbocycles. The number of ether oxygens (including phenoxy) is 1. The lowest BCUT2D eigenvalue weighted by molar-refractivity contribution is 0.165. The maximum absolute atomic E-state index is 5.84. The first-order valence-electron chi connectivity index (χ1n) is 4.74. The second-order valence-corrected chi connectivity index (χ2v) is 3.29. The number of nitrogen functional groups attached to an aromatic ring is 1. The Balaban J connectivity index is 2.33. The molecule has 3 nitrogen and oxygen atoms in total. The highest BCUT2D eigenvalue weighted by Crippen LogP contribution is 2.27. The molecule has 0 spiro atoms. The van der Waals surface area contributed by atoms with E-state index in [0.717, 1.165) is 22.8 Å². The minimum Gasteiger partial charge on any atom is -0.459 e. The minimum atomic E-state index is 0.479. The van der Waals surface area contributed by atoms with Gasteiger partial charge in [-0.25, -0.2) is 0 Å². The number of benzene rings is 1.